The molecule has 0 atom stereocenters. The van der Waals surface area contributed by atoms with Crippen LogP contribution < -0.4 is 11.1 Å². The summed E-state index contributed by atoms with van der Waals surface area (Å²) in [6.07, 6.45) is 3.42. The first kappa shape index (κ1) is 21.3. The molecule has 3 N–H and O–H groups in total. The number of hydrogen-bond donors (Lipinski definition) is 2. The highest BCUT2D eigenvalue weighted by Crippen LogP contribution is 2.25. The molecule has 0 saturated heterocycles. The van der Waals surface area contributed by atoms with Crippen LogP contribution in [0.1, 0.15) is 55.0 Å². The Morgan fingerprint density at radius 2 is 1.78 bits per heavy atom. The molecule has 0 spiro atoms. The van der Waals surface area contributed by atoms with E-state index in [2.05, 4.69) is 10.4 Å². The van der Waals surface area contributed by atoms with Gasteiger partial charge in [-0.2, -0.15) is 5.10 Å². The zero-order valence-corrected chi connectivity index (χ0v) is 18.3. The third kappa shape index (κ3) is 4.12. The van der Waals surface area contributed by atoms with E-state index in [1.807, 2.05) is 13.0 Å². The van der Waals surface area contributed by atoms with Gasteiger partial charge in [0.25, 0.3) is 11.8 Å². The highest BCUT2D eigenvalue weighted by molar-refractivity contribution is 6.12. The zero-order valence-electron chi connectivity index (χ0n) is 18.3. The van der Waals surface area contributed by atoms with Gasteiger partial charge in [-0.25, -0.2) is 4.68 Å². The molecule has 0 radical (unpaired) electrons. The molecule has 0 bridgehead atoms. The van der Waals surface area contributed by atoms with Crippen molar-refractivity contribution in [3.63, 3.8) is 0 Å². The first-order valence-corrected chi connectivity index (χ1v) is 10.4. The summed E-state index contributed by atoms with van der Waals surface area (Å²) in [5.74, 6) is -0.497. The molecule has 2 amide bonds. The average Bonchev–Trinajstić information content (AvgIpc) is 3.52. The standard InChI is InChI=1S/C24H25N5O3/c1-14-7-8-16(23(31)27-18-9-10-18)12-20(14)29-22(25)19(13-26-29)21(30)15-5-4-6-17(11-15)24(32)28(2)3/h4-8,11-13,18H,9-10,25H2,1-3H3,(H,27,31). The lowest BCUT2D eigenvalue weighted by molar-refractivity contribution is 0.0827. The maximum Gasteiger partial charge on any atom is 0.253 e. The molecule has 2 aromatic carbocycles. The molecular formula is C24H25N5O3. The number of hydrogen-bond acceptors (Lipinski definition) is 5. The first-order valence-electron chi connectivity index (χ1n) is 10.4. The van der Waals surface area contributed by atoms with E-state index in [1.165, 1.54) is 15.8 Å². The number of nitrogens with one attached hydrogen (secondary N) is 1. The van der Waals surface area contributed by atoms with E-state index in [0.717, 1.165) is 18.4 Å². The Labute approximate surface area is 186 Å². The van der Waals surface area contributed by atoms with Gasteiger partial charge in [0, 0.05) is 36.8 Å². The molecule has 0 unspecified atom stereocenters. The Hall–Kier alpha value is -3.94. The van der Waals surface area contributed by atoms with Crippen LogP contribution in [0.4, 0.5) is 5.82 Å². The summed E-state index contributed by atoms with van der Waals surface area (Å²) in [5, 5.41) is 7.28. The van der Waals surface area contributed by atoms with Crippen LogP contribution in [0.15, 0.2) is 48.7 Å². The number of aryl methyl sites for hydroxylation is 1. The molecule has 1 fully saturated rings. The van der Waals surface area contributed by atoms with Crippen LogP contribution in [0.3, 0.4) is 0 Å². The number of nitrogen functional groups attached to an aromatic ring is 1. The van der Waals surface area contributed by atoms with Crippen LogP contribution in [0.5, 0.6) is 0 Å². The fourth-order valence-corrected chi connectivity index (χ4v) is 3.41. The number of aromatic nitrogens is 2. The van der Waals surface area contributed by atoms with Crippen LogP contribution in [0, 0.1) is 6.92 Å². The fourth-order valence-electron chi connectivity index (χ4n) is 3.41. The Morgan fingerprint density at radius 1 is 1.06 bits per heavy atom. The molecule has 0 aliphatic heterocycles. The summed E-state index contributed by atoms with van der Waals surface area (Å²) in [6, 6.07) is 12.1. The van der Waals surface area contributed by atoms with Crippen LogP contribution in [0.2, 0.25) is 0 Å². The second kappa shape index (κ2) is 8.30. The van der Waals surface area contributed by atoms with Gasteiger partial charge in [-0.3, -0.25) is 14.4 Å². The van der Waals surface area contributed by atoms with Crippen molar-refractivity contribution < 1.29 is 14.4 Å². The molecule has 3 aromatic rings. The van der Waals surface area contributed by atoms with Gasteiger partial charge in [0.05, 0.1) is 17.4 Å². The second-order valence-electron chi connectivity index (χ2n) is 8.21. The van der Waals surface area contributed by atoms with Crippen molar-refractivity contribution in [1.82, 2.24) is 20.0 Å². The van der Waals surface area contributed by atoms with Crippen molar-refractivity contribution in [3.05, 3.63) is 76.5 Å². The molecular weight excluding hydrogens is 406 g/mol. The van der Waals surface area contributed by atoms with Crippen molar-refractivity contribution in [2.75, 3.05) is 19.8 Å². The number of anilines is 1. The predicted molar refractivity (Wildman–Crippen MR) is 121 cm³/mol. The molecule has 1 aliphatic carbocycles. The number of carbonyl (C=O) groups excluding carboxylic acids is 3. The average molecular weight is 431 g/mol. The number of benzene rings is 2. The summed E-state index contributed by atoms with van der Waals surface area (Å²) in [5.41, 5.74) is 9.29. The second-order valence-corrected chi connectivity index (χ2v) is 8.21. The molecule has 164 valence electrons. The van der Waals surface area contributed by atoms with Gasteiger partial charge in [0.2, 0.25) is 0 Å². The van der Waals surface area contributed by atoms with Crippen molar-refractivity contribution in [2.45, 2.75) is 25.8 Å². The van der Waals surface area contributed by atoms with Crippen molar-refractivity contribution in [1.29, 1.82) is 0 Å². The van der Waals surface area contributed by atoms with Crippen LogP contribution >= 0.6 is 0 Å². The summed E-state index contributed by atoms with van der Waals surface area (Å²) in [7, 11) is 3.31. The van der Waals surface area contributed by atoms with Gasteiger partial charge in [-0.1, -0.05) is 18.2 Å². The molecule has 8 nitrogen and oxygen atoms in total. The number of carbonyl (C=O) groups is 3. The van der Waals surface area contributed by atoms with Crippen LogP contribution in [-0.4, -0.2) is 52.4 Å². The van der Waals surface area contributed by atoms with Gasteiger partial charge < -0.3 is 16.0 Å². The Morgan fingerprint density at radius 3 is 2.47 bits per heavy atom. The summed E-state index contributed by atoms with van der Waals surface area (Å²) in [6.45, 7) is 1.89. The predicted octanol–water partition coefficient (Wildman–Crippen LogP) is 2.59. The summed E-state index contributed by atoms with van der Waals surface area (Å²) < 4.78 is 1.46. The highest BCUT2D eigenvalue weighted by Gasteiger charge is 2.25. The Kier molecular flexibility index (Phi) is 5.52. The minimum atomic E-state index is -0.331. The number of nitrogens with zero attached hydrogens (tertiary/aromatic N) is 3. The van der Waals surface area contributed by atoms with E-state index in [0.29, 0.717) is 22.4 Å². The van der Waals surface area contributed by atoms with Crippen LogP contribution in [0.25, 0.3) is 5.69 Å². The smallest absolute Gasteiger partial charge is 0.253 e. The SMILES string of the molecule is Cc1ccc(C(=O)NC2CC2)cc1-n1ncc(C(=O)c2cccc(C(=O)N(C)C)c2)c1N. The number of ketones is 1. The van der Waals surface area contributed by atoms with E-state index >= 15 is 0 Å². The Bertz CT molecular complexity index is 1220. The van der Waals surface area contributed by atoms with E-state index < -0.39 is 0 Å². The van der Waals surface area contributed by atoms with E-state index in [4.69, 9.17) is 5.73 Å². The summed E-state index contributed by atoms with van der Waals surface area (Å²) in [4.78, 5) is 39.3. The van der Waals surface area contributed by atoms with Crippen molar-refractivity contribution in [3.8, 4) is 5.69 Å². The van der Waals surface area contributed by atoms with E-state index in [9.17, 15) is 14.4 Å². The van der Waals surface area contributed by atoms with Gasteiger partial charge >= 0.3 is 0 Å². The maximum absolute atomic E-state index is 13.1. The number of amides is 2. The lowest BCUT2D eigenvalue weighted by atomic mass is 10.0. The molecule has 1 heterocycles. The molecule has 4 rings (SSSR count). The minimum Gasteiger partial charge on any atom is -0.383 e. The molecule has 1 saturated carbocycles. The quantitative estimate of drug-likeness (QED) is 0.583. The molecule has 1 aromatic heterocycles. The summed E-state index contributed by atoms with van der Waals surface area (Å²) >= 11 is 0. The third-order valence-electron chi connectivity index (χ3n) is 5.44. The van der Waals surface area contributed by atoms with E-state index in [-0.39, 0.29) is 35.0 Å². The van der Waals surface area contributed by atoms with E-state index in [1.54, 1.807) is 50.5 Å². The van der Waals surface area contributed by atoms with Crippen molar-refractivity contribution >= 4 is 23.4 Å². The van der Waals surface area contributed by atoms with Crippen LogP contribution in [-0.2, 0) is 0 Å². The van der Waals surface area contributed by atoms with Gasteiger partial charge in [-0.05, 0) is 49.6 Å². The third-order valence-corrected chi connectivity index (χ3v) is 5.44. The topological polar surface area (TPSA) is 110 Å². The van der Waals surface area contributed by atoms with Crippen molar-refractivity contribution in [2.24, 2.45) is 0 Å². The van der Waals surface area contributed by atoms with Gasteiger partial charge in [0.1, 0.15) is 5.82 Å². The zero-order chi connectivity index (χ0) is 23.0. The Balaban J connectivity index is 1.65. The van der Waals surface area contributed by atoms with Gasteiger partial charge in [0.15, 0.2) is 5.78 Å². The number of rotatable bonds is 6. The fraction of sp³-hybridized carbons (Fsp3) is 0.250. The monoisotopic (exact) mass is 431 g/mol. The normalized spacial score (nSPS) is 13.0. The molecule has 1 aliphatic rings. The minimum absolute atomic E-state index is 0.141. The lowest BCUT2D eigenvalue weighted by Crippen LogP contribution is -2.25. The maximum atomic E-state index is 13.1. The lowest BCUT2D eigenvalue weighted by Gasteiger charge is -2.12. The van der Waals surface area contributed by atoms with Gasteiger partial charge in [-0.15, -0.1) is 0 Å². The largest absolute Gasteiger partial charge is 0.383 e. The number of nitrogens with two attached hydrogens (primary N) is 1. The molecule has 8 heteroatoms. The first-order chi connectivity index (χ1) is 15.3. The molecule has 32 heavy (non-hydrogen) atoms. The highest BCUT2D eigenvalue weighted by atomic mass is 16.2.